The van der Waals surface area contributed by atoms with Gasteiger partial charge in [0.2, 0.25) is 0 Å². The number of rotatable bonds is 2. The molecule has 0 aromatic heterocycles. The molecule has 1 heteroatoms. The third-order valence-corrected chi connectivity index (χ3v) is 4.44. The third-order valence-electron chi connectivity index (χ3n) is 4.44. The lowest BCUT2D eigenvalue weighted by atomic mass is 9.99. The number of benzene rings is 4. The van der Waals surface area contributed by atoms with Crippen LogP contribution in [0.25, 0.3) is 22.3 Å². The van der Waals surface area contributed by atoms with Crippen LogP contribution in [0.2, 0.25) is 0 Å². The van der Waals surface area contributed by atoms with E-state index in [1.807, 2.05) is 12.1 Å². The molecule has 0 aliphatic rings. The van der Waals surface area contributed by atoms with Crippen LogP contribution < -0.4 is 0 Å². The van der Waals surface area contributed by atoms with Crippen LogP contribution in [-0.2, 0) is 0 Å². The normalized spacial score (nSPS) is 9.68. The van der Waals surface area contributed by atoms with Crippen molar-refractivity contribution in [3.63, 3.8) is 0 Å². The van der Waals surface area contributed by atoms with E-state index in [0.29, 0.717) is 0 Å². The van der Waals surface area contributed by atoms with Crippen molar-refractivity contribution in [3.8, 4) is 22.3 Å². The summed E-state index contributed by atoms with van der Waals surface area (Å²) in [5.74, 6) is 0. The van der Waals surface area contributed by atoms with Gasteiger partial charge in [-0.3, -0.25) is 0 Å². The fourth-order valence-corrected chi connectivity index (χ4v) is 3.34. The lowest BCUT2D eigenvalue weighted by Crippen LogP contribution is -1.80. The Balaban J connectivity index is 0.000000239. The molecule has 0 unspecified atom stereocenters. The Bertz CT molecular complexity index is 884. The van der Waals surface area contributed by atoms with E-state index in [4.69, 9.17) is 0 Å². The highest BCUT2D eigenvalue weighted by molar-refractivity contribution is 8.93. The first kappa shape index (κ1) is 21.7. The zero-order valence-corrected chi connectivity index (χ0v) is 18.4. The number of hydrogen-bond donors (Lipinski definition) is 0. The summed E-state index contributed by atoms with van der Waals surface area (Å²) in [6, 6.07) is 36.2. The molecule has 142 valence electrons. The summed E-state index contributed by atoms with van der Waals surface area (Å²) in [4.78, 5) is 0. The molecule has 4 aromatic carbocycles. The largest absolute Gasteiger partial charge is 0.114 e. The maximum atomic E-state index is 2.24. The summed E-state index contributed by atoms with van der Waals surface area (Å²) in [7, 11) is 0. The minimum Gasteiger partial charge on any atom is -0.114 e. The Hall–Kier alpha value is -2.64. The van der Waals surface area contributed by atoms with Crippen molar-refractivity contribution >= 4 is 17.0 Å². The van der Waals surface area contributed by atoms with Gasteiger partial charge in [0.05, 0.1) is 0 Å². The molecule has 4 aromatic rings. The molecular weight excluding hydrogens is 404 g/mol. The average Bonchev–Trinajstić information content (AvgIpc) is 2.69. The van der Waals surface area contributed by atoms with Gasteiger partial charge in [-0.2, -0.15) is 0 Å². The molecule has 0 saturated carbocycles. The molecule has 0 radical (unpaired) electrons. The van der Waals surface area contributed by atoms with Crippen LogP contribution in [0, 0.1) is 20.8 Å². The van der Waals surface area contributed by atoms with E-state index in [2.05, 4.69) is 112 Å². The molecule has 0 nitrogen and oxygen atoms in total. The van der Waals surface area contributed by atoms with Gasteiger partial charge in [-0.25, -0.2) is 0 Å². The Morgan fingerprint density at radius 3 is 1.04 bits per heavy atom. The van der Waals surface area contributed by atoms with Gasteiger partial charge in [0, 0.05) is 0 Å². The molecule has 0 aliphatic heterocycles. The highest BCUT2D eigenvalue weighted by Crippen LogP contribution is 2.25. The van der Waals surface area contributed by atoms with Gasteiger partial charge >= 0.3 is 0 Å². The summed E-state index contributed by atoms with van der Waals surface area (Å²) in [6.45, 7) is 6.38. The van der Waals surface area contributed by atoms with Crippen LogP contribution in [0.5, 0.6) is 0 Å². The second-order valence-corrected chi connectivity index (χ2v) is 6.98. The van der Waals surface area contributed by atoms with Crippen molar-refractivity contribution in [2.24, 2.45) is 0 Å². The summed E-state index contributed by atoms with van der Waals surface area (Å²) in [5, 5.41) is 0. The highest BCUT2D eigenvalue weighted by Gasteiger charge is 2.00. The molecule has 28 heavy (non-hydrogen) atoms. The van der Waals surface area contributed by atoms with Gasteiger partial charge in [-0.1, -0.05) is 114 Å². The maximum Gasteiger partial charge on any atom is -0.0178 e. The predicted octanol–water partition coefficient (Wildman–Crippen LogP) is 8.21. The molecule has 0 fully saturated rings. The van der Waals surface area contributed by atoms with Crippen molar-refractivity contribution in [2.45, 2.75) is 20.8 Å². The lowest BCUT2D eigenvalue weighted by molar-refractivity contribution is 1.32. The lowest BCUT2D eigenvalue weighted by Gasteiger charge is -2.05. The maximum absolute atomic E-state index is 2.24. The predicted molar refractivity (Wildman–Crippen MR) is 128 cm³/mol. The quantitative estimate of drug-likeness (QED) is 0.300. The van der Waals surface area contributed by atoms with E-state index < -0.39 is 0 Å². The Morgan fingerprint density at radius 1 is 0.357 bits per heavy atom. The van der Waals surface area contributed by atoms with E-state index in [0.717, 1.165) is 0 Å². The van der Waals surface area contributed by atoms with Crippen molar-refractivity contribution in [3.05, 3.63) is 120 Å². The van der Waals surface area contributed by atoms with Crippen LogP contribution in [0.4, 0.5) is 0 Å². The van der Waals surface area contributed by atoms with Crippen LogP contribution in [-0.4, -0.2) is 0 Å². The topological polar surface area (TPSA) is 0 Å². The molecule has 0 N–H and O–H groups in total. The van der Waals surface area contributed by atoms with Gasteiger partial charge < -0.3 is 0 Å². The number of halogens is 1. The summed E-state index contributed by atoms with van der Waals surface area (Å²) < 4.78 is 0. The van der Waals surface area contributed by atoms with Crippen LogP contribution in [0.1, 0.15) is 16.7 Å². The molecule has 0 spiro atoms. The highest BCUT2D eigenvalue weighted by atomic mass is 79.9. The minimum absolute atomic E-state index is 0. The SMILES string of the molecule is Br.Cc1cc(C)cc(C)c1.c1ccc(-c2cccc(-c3ccccc3)c2)cc1. The Labute approximate surface area is 179 Å². The molecule has 4 rings (SSSR count). The molecular formula is C27H27Br. The van der Waals surface area contributed by atoms with Gasteiger partial charge in [-0.15, -0.1) is 17.0 Å². The van der Waals surface area contributed by atoms with Crippen LogP contribution in [0.3, 0.4) is 0 Å². The molecule has 0 saturated heterocycles. The van der Waals surface area contributed by atoms with Gasteiger partial charge in [0.25, 0.3) is 0 Å². The second-order valence-electron chi connectivity index (χ2n) is 6.98. The van der Waals surface area contributed by atoms with Crippen LogP contribution in [0.15, 0.2) is 103 Å². The summed E-state index contributed by atoms with van der Waals surface area (Å²) in [6.07, 6.45) is 0. The smallest absolute Gasteiger partial charge is 0.0178 e. The summed E-state index contributed by atoms with van der Waals surface area (Å²) in [5.41, 5.74) is 9.10. The van der Waals surface area contributed by atoms with E-state index in [1.165, 1.54) is 38.9 Å². The molecule has 0 amide bonds. The fraction of sp³-hybridized carbons (Fsp3) is 0.111. The van der Waals surface area contributed by atoms with Gasteiger partial charge in [0.15, 0.2) is 0 Å². The standard InChI is InChI=1S/C18H14.C9H12.BrH/c1-3-8-15(9-4-1)17-12-7-13-18(14-17)16-10-5-2-6-11-16;1-7-4-8(2)6-9(3)5-7;/h1-14H;4-6H,1-3H3;1H. The first-order valence-electron chi connectivity index (χ1n) is 9.37. The van der Waals surface area contributed by atoms with E-state index in [1.54, 1.807) is 0 Å². The monoisotopic (exact) mass is 430 g/mol. The molecule has 0 heterocycles. The number of aryl methyl sites for hydroxylation is 3. The molecule has 0 bridgehead atoms. The minimum atomic E-state index is 0. The van der Waals surface area contributed by atoms with Gasteiger partial charge in [0.1, 0.15) is 0 Å². The van der Waals surface area contributed by atoms with E-state index in [9.17, 15) is 0 Å². The summed E-state index contributed by atoms with van der Waals surface area (Å²) >= 11 is 0. The number of hydrogen-bond acceptors (Lipinski definition) is 0. The molecule has 0 atom stereocenters. The zero-order chi connectivity index (χ0) is 19.1. The second kappa shape index (κ2) is 10.6. The van der Waals surface area contributed by atoms with Crippen LogP contribution >= 0.6 is 17.0 Å². The fourth-order valence-electron chi connectivity index (χ4n) is 3.34. The van der Waals surface area contributed by atoms with Gasteiger partial charge in [-0.05, 0) is 49.1 Å². The van der Waals surface area contributed by atoms with Crippen molar-refractivity contribution < 1.29 is 0 Å². The molecule has 0 aliphatic carbocycles. The Kier molecular flexibility index (Phi) is 8.22. The average molecular weight is 431 g/mol. The van der Waals surface area contributed by atoms with Crippen molar-refractivity contribution in [2.75, 3.05) is 0 Å². The zero-order valence-electron chi connectivity index (χ0n) is 16.7. The van der Waals surface area contributed by atoms with E-state index in [-0.39, 0.29) is 17.0 Å². The first-order valence-corrected chi connectivity index (χ1v) is 9.37. The van der Waals surface area contributed by atoms with Crippen molar-refractivity contribution in [1.82, 2.24) is 0 Å². The van der Waals surface area contributed by atoms with Crippen molar-refractivity contribution in [1.29, 1.82) is 0 Å². The first-order chi connectivity index (χ1) is 13.1. The third kappa shape index (κ3) is 6.21. The van der Waals surface area contributed by atoms with E-state index >= 15 is 0 Å². The Morgan fingerprint density at radius 2 is 0.679 bits per heavy atom.